The van der Waals surface area contributed by atoms with E-state index < -0.39 is 11.7 Å². The summed E-state index contributed by atoms with van der Waals surface area (Å²) in [5.41, 5.74) is 3.22. The smallest absolute Gasteiger partial charge is 0.235 e. The van der Waals surface area contributed by atoms with Gasteiger partial charge in [0, 0.05) is 29.8 Å². The maximum absolute atomic E-state index is 13.8. The van der Waals surface area contributed by atoms with Crippen molar-refractivity contribution in [1.29, 1.82) is 0 Å². The van der Waals surface area contributed by atoms with Crippen LogP contribution in [0.4, 0.5) is 16.0 Å². The van der Waals surface area contributed by atoms with Crippen LogP contribution in [0.5, 0.6) is 0 Å². The van der Waals surface area contributed by atoms with Crippen molar-refractivity contribution in [3.63, 3.8) is 0 Å². The summed E-state index contributed by atoms with van der Waals surface area (Å²) >= 11 is 0. The number of halogens is 1. The Balaban J connectivity index is 1.25. The lowest BCUT2D eigenvalue weighted by Gasteiger charge is -2.35. The summed E-state index contributed by atoms with van der Waals surface area (Å²) in [5, 5.41) is 6.23. The molecule has 1 amide bonds. The van der Waals surface area contributed by atoms with Crippen molar-refractivity contribution in [3.05, 3.63) is 109 Å². The summed E-state index contributed by atoms with van der Waals surface area (Å²) in [6.07, 6.45) is 4.02. The largest absolute Gasteiger partial charge is 0.348 e. The Morgan fingerprint density at radius 1 is 0.977 bits per heavy atom. The Morgan fingerprint density at radius 3 is 2.42 bits per heavy atom. The van der Waals surface area contributed by atoms with Crippen LogP contribution >= 0.6 is 0 Å². The average molecular weight is 580 g/mol. The van der Waals surface area contributed by atoms with E-state index in [4.69, 9.17) is 19.4 Å². The minimum absolute atomic E-state index is 0.0283. The fourth-order valence-electron chi connectivity index (χ4n) is 4.71. The first-order chi connectivity index (χ1) is 20.9. The molecular formula is C32H30FN7O3. The van der Waals surface area contributed by atoms with Crippen LogP contribution in [0.15, 0.2) is 91.4 Å². The van der Waals surface area contributed by atoms with Crippen molar-refractivity contribution in [1.82, 2.24) is 24.9 Å². The van der Waals surface area contributed by atoms with Crippen LogP contribution in [-0.4, -0.2) is 44.0 Å². The van der Waals surface area contributed by atoms with Crippen LogP contribution in [0.2, 0.25) is 0 Å². The Morgan fingerprint density at radius 2 is 1.70 bits per heavy atom. The average Bonchev–Trinajstić information content (AvgIpc) is 3.48. The third-order valence-electron chi connectivity index (χ3n) is 7.21. The minimum Gasteiger partial charge on any atom is -0.348 e. The summed E-state index contributed by atoms with van der Waals surface area (Å²) in [4.78, 5) is 34.3. The summed E-state index contributed by atoms with van der Waals surface area (Å²) in [6, 6.07) is 21.2. The van der Waals surface area contributed by atoms with Gasteiger partial charge in [0.15, 0.2) is 5.82 Å². The van der Waals surface area contributed by atoms with E-state index in [1.54, 1.807) is 55.8 Å². The molecule has 5 aromatic rings. The fourth-order valence-corrected chi connectivity index (χ4v) is 4.71. The molecule has 4 heterocycles. The Labute approximate surface area is 247 Å². The molecular weight excluding hydrogens is 549 g/mol. The summed E-state index contributed by atoms with van der Waals surface area (Å²) in [7, 11) is 0. The van der Waals surface area contributed by atoms with Gasteiger partial charge in [-0.15, -0.1) is 0 Å². The first-order valence-corrected chi connectivity index (χ1v) is 13.8. The highest BCUT2D eigenvalue weighted by Gasteiger charge is 2.41. The molecule has 0 spiro atoms. The van der Waals surface area contributed by atoms with Gasteiger partial charge >= 0.3 is 0 Å². The Bertz CT molecular complexity index is 1690. The molecule has 0 bridgehead atoms. The number of pyridine rings is 1. The molecule has 10 nitrogen and oxygen atoms in total. The first-order valence-electron chi connectivity index (χ1n) is 13.8. The molecule has 3 N–H and O–H groups in total. The molecule has 218 valence electrons. The van der Waals surface area contributed by atoms with Gasteiger partial charge in [0.25, 0.3) is 0 Å². The number of rotatable bonds is 8. The van der Waals surface area contributed by atoms with E-state index in [0.717, 1.165) is 5.56 Å². The molecule has 6 rings (SSSR count). The highest BCUT2D eigenvalue weighted by molar-refractivity contribution is 5.95. The van der Waals surface area contributed by atoms with Crippen molar-refractivity contribution in [2.75, 3.05) is 23.8 Å². The predicted molar refractivity (Wildman–Crippen MR) is 159 cm³/mol. The first kappa shape index (κ1) is 28.1. The molecule has 1 fully saturated rings. The van der Waals surface area contributed by atoms with Gasteiger partial charge in [-0.05, 0) is 61.9 Å². The van der Waals surface area contributed by atoms with Crippen LogP contribution in [0.25, 0.3) is 22.6 Å². The van der Waals surface area contributed by atoms with Crippen LogP contribution in [0, 0.1) is 11.2 Å². The van der Waals surface area contributed by atoms with Gasteiger partial charge in [-0.2, -0.15) is 0 Å². The van der Waals surface area contributed by atoms with E-state index in [1.807, 2.05) is 37.3 Å². The van der Waals surface area contributed by atoms with Crippen LogP contribution in [-0.2, 0) is 14.3 Å². The van der Waals surface area contributed by atoms with Crippen LogP contribution < -0.4 is 10.6 Å². The molecule has 3 aromatic heterocycles. The third kappa shape index (κ3) is 6.27. The maximum atomic E-state index is 13.8. The van der Waals surface area contributed by atoms with Gasteiger partial charge in [0.2, 0.25) is 18.1 Å². The molecule has 1 atom stereocenters. The van der Waals surface area contributed by atoms with Gasteiger partial charge in [0.05, 0.1) is 41.8 Å². The standard InChI is InChI=1S/C32H30FN7O3/c1-20(21-6-4-3-5-7-21)36-31-35-17-14-25(38-31)27-26(22-8-10-23(33)11-9-22)39-28(40-27)29-42-18-32(2,19-43-29)30(41)37-24-12-15-34-16-13-24/h3-17,20,29H,18-19H2,1-2H3,(H,39,40)(H,34,37,41)(H,35,36,38). The molecule has 1 aliphatic heterocycles. The van der Waals surface area contributed by atoms with Gasteiger partial charge in [-0.25, -0.2) is 19.3 Å². The van der Waals surface area contributed by atoms with Crippen molar-refractivity contribution in [2.24, 2.45) is 5.41 Å². The predicted octanol–water partition coefficient (Wildman–Crippen LogP) is 5.93. The van der Waals surface area contributed by atoms with Gasteiger partial charge < -0.3 is 25.1 Å². The number of nitrogens with one attached hydrogen (secondary N) is 3. The zero-order valence-corrected chi connectivity index (χ0v) is 23.6. The zero-order valence-electron chi connectivity index (χ0n) is 23.6. The lowest BCUT2D eigenvalue weighted by Crippen LogP contribution is -2.45. The number of nitrogens with zero attached hydrogens (tertiary/aromatic N) is 4. The Kier molecular flexibility index (Phi) is 7.91. The topological polar surface area (TPSA) is 127 Å². The molecule has 2 aromatic carbocycles. The number of carbonyl (C=O) groups is 1. The number of H-pyrrole nitrogens is 1. The lowest BCUT2D eigenvalue weighted by molar-refractivity contribution is -0.229. The van der Waals surface area contributed by atoms with Crippen molar-refractivity contribution >= 4 is 17.5 Å². The zero-order chi connectivity index (χ0) is 29.8. The number of amides is 1. The number of anilines is 2. The normalized spacial score (nSPS) is 19.0. The molecule has 0 radical (unpaired) electrons. The second kappa shape index (κ2) is 12.1. The van der Waals surface area contributed by atoms with E-state index >= 15 is 0 Å². The van der Waals surface area contributed by atoms with Crippen molar-refractivity contribution < 1.29 is 18.7 Å². The van der Waals surface area contributed by atoms with Crippen LogP contribution in [0.1, 0.15) is 37.6 Å². The van der Waals surface area contributed by atoms with Gasteiger partial charge in [-0.3, -0.25) is 9.78 Å². The van der Waals surface area contributed by atoms with Crippen molar-refractivity contribution in [3.8, 4) is 22.6 Å². The number of hydrogen-bond donors (Lipinski definition) is 3. The van der Waals surface area contributed by atoms with E-state index in [9.17, 15) is 9.18 Å². The number of imidazole rings is 1. The molecule has 43 heavy (non-hydrogen) atoms. The van der Waals surface area contributed by atoms with Gasteiger partial charge in [-0.1, -0.05) is 30.3 Å². The lowest BCUT2D eigenvalue weighted by atomic mass is 9.91. The van der Waals surface area contributed by atoms with Crippen molar-refractivity contribution in [2.45, 2.75) is 26.2 Å². The molecule has 11 heteroatoms. The highest BCUT2D eigenvalue weighted by atomic mass is 19.1. The minimum atomic E-state index is -0.919. The number of aromatic nitrogens is 5. The number of ether oxygens (including phenoxy) is 2. The number of aromatic amines is 1. The second-order valence-corrected chi connectivity index (χ2v) is 10.6. The van der Waals surface area contributed by atoms with E-state index in [0.29, 0.717) is 40.1 Å². The maximum Gasteiger partial charge on any atom is 0.235 e. The summed E-state index contributed by atoms with van der Waals surface area (Å²) < 4.78 is 25.8. The molecule has 0 aliphatic carbocycles. The number of benzene rings is 2. The molecule has 1 saturated heterocycles. The highest BCUT2D eigenvalue weighted by Crippen LogP contribution is 2.36. The van der Waals surface area contributed by atoms with Gasteiger partial charge in [0.1, 0.15) is 5.82 Å². The monoisotopic (exact) mass is 579 g/mol. The summed E-state index contributed by atoms with van der Waals surface area (Å²) in [5.74, 6) is 0.260. The molecule has 1 unspecified atom stereocenters. The third-order valence-corrected chi connectivity index (χ3v) is 7.21. The summed E-state index contributed by atoms with van der Waals surface area (Å²) in [6.45, 7) is 4.03. The molecule has 1 aliphatic rings. The number of hydrogen-bond acceptors (Lipinski definition) is 8. The fraction of sp³-hybridized carbons (Fsp3) is 0.219. The molecule has 0 saturated carbocycles. The SMILES string of the molecule is CC(Nc1nccc(-c2[nH]c(C3OCC(C)(C(=O)Nc4ccncc4)CO3)nc2-c2ccc(F)cc2)n1)c1ccccc1. The number of carbonyl (C=O) groups excluding carboxylic acids is 1. The van der Waals surface area contributed by atoms with Crippen LogP contribution in [0.3, 0.4) is 0 Å². The Hall–Kier alpha value is -5.00. The second-order valence-electron chi connectivity index (χ2n) is 10.6. The quantitative estimate of drug-likeness (QED) is 0.206. The van der Waals surface area contributed by atoms with E-state index in [2.05, 4.69) is 25.6 Å². The van der Waals surface area contributed by atoms with E-state index in [1.165, 1.54) is 12.1 Å². The van der Waals surface area contributed by atoms with E-state index in [-0.39, 0.29) is 31.0 Å².